The SMILES string of the molecule is O=C(Nc1ccccc1Cl)N1CCCC(c2nnc(-c3ccc(C(F)(F)F)cc3)o2)C1. The van der Waals surface area contributed by atoms with Crippen LogP contribution in [0.25, 0.3) is 11.5 Å². The normalized spacial score (nSPS) is 16.9. The van der Waals surface area contributed by atoms with Gasteiger partial charge in [-0.3, -0.25) is 0 Å². The maximum Gasteiger partial charge on any atom is 0.416 e. The molecule has 0 aliphatic carbocycles. The van der Waals surface area contributed by atoms with Crippen LogP contribution in [0, 0.1) is 0 Å². The van der Waals surface area contributed by atoms with E-state index < -0.39 is 11.7 Å². The van der Waals surface area contributed by atoms with Gasteiger partial charge in [0, 0.05) is 18.7 Å². The van der Waals surface area contributed by atoms with E-state index in [9.17, 15) is 18.0 Å². The number of hydrogen-bond acceptors (Lipinski definition) is 4. The quantitative estimate of drug-likeness (QED) is 0.545. The van der Waals surface area contributed by atoms with E-state index in [1.54, 1.807) is 29.2 Å². The molecule has 2 heterocycles. The summed E-state index contributed by atoms with van der Waals surface area (Å²) in [6, 6.07) is 11.2. The number of para-hydroxylation sites is 1. The van der Waals surface area contributed by atoms with Crippen molar-refractivity contribution in [2.24, 2.45) is 0 Å². The summed E-state index contributed by atoms with van der Waals surface area (Å²) in [4.78, 5) is 14.3. The van der Waals surface area contributed by atoms with Crippen LogP contribution in [0.15, 0.2) is 52.9 Å². The topological polar surface area (TPSA) is 71.3 Å². The third-order valence-electron chi connectivity index (χ3n) is 5.07. The molecule has 2 aromatic carbocycles. The maximum absolute atomic E-state index is 12.7. The highest BCUT2D eigenvalue weighted by Crippen LogP contribution is 2.32. The third-order valence-corrected chi connectivity index (χ3v) is 5.40. The summed E-state index contributed by atoms with van der Waals surface area (Å²) in [6.45, 7) is 0.956. The minimum absolute atomic E-state index is 0.140. The second kappa shape index (κ2) is 8.58. The number of urea groups is 1. The standard InChI is InChI=1S/C21H18ClF3N4O2/c22-16-5-1-2-6-17(16)26-20(30)29-11-3-4-14(12-29)19-28-27-18(31-19)13-7-9-15(10-8-13)21(23,24)25/h1-2,5-10,14H,3-4,11-12H2,(H,26,30). The molecule has 0 spiro atoms. The number of benzene rings is 2. The van der Waals surface area contributed by atoms with Crippen molar-refractivity contribution in [1.82, 2.24) is 15.1 Å². The second-order valence-electron chi connectivity index (χ2n) is 7.22. The fourth-order valence-corrected chi connectivity index (χ4v) is 3.62. The van der Waals surface area contributed by atoms with E-state index in [4.69, 9.17) is 16.0 Å². The van der Waals surface area contributed by atoms with Crippen LogP contribution in [0.5, 0.6) is 0 Å². The Kier molecular flexibility index (Phi) is 5.86. The lowest BCUT2D eigenvalue weighted by Crippen LogP contribution is -2.41. The number of carbonyl (C=O) groups excluding carboxylic acids is 1. The number of halogens is 4. The van der Waals surface area contributed by atoms with Gasteiger partial charge in [-0.1, -0.05) is 23.7 Å². The molecule has 6 nitrogen and oxygen atoms in total. The molecule has 1 aliphatic heterocycles. The number of amides is 2. The van der Waals surface area contributed by atoms with Crippen molar-refractivity contribution in [1.29, 1.82) is 0 Å². The van der Waals surface area contributed by atoms with Gasteiger partial charge in [-0.05, 0) is 49.2 Å². The summed E-state index contributed by atoms with van der Waals surface area (Å²) in [5.41, 5.74) is 0.179. The lowest BCUT2D eigenvalue weighted by molar-refractivity contribution is -0.137. The first-order valence-electron chi connectivity index (χ1n) is 9.63. The number of anilines is 1. The van der Waals surface area contributed by atoms with Crippen LogP contribution >= 0.6 is 11.6 Å². The molecule has 1 N–H and O–H groups in total. The Hall–Kier alpha value is -3.07. The molecule has 4 rings (SSSR count). The average Bonchev–Trinajstić information content (AvgIpc) is 3.25. The van der Waals surface area contributed by atoms with Gasteiger partial charge in [0.2, 0.25) is 11.8 Å². The van der Waals surface area contributed by atoms with Gasteiger partial charge in [0.1, 0.15) is 0 Å². The maximum atomic E-state index is 12.7. The summed E-state index contributed by atoms with van der Waals surface area (Å²) in [7, 11) is 0. The van der Waals surface area contributed by atoms with Crippen molar-refractivity contribution in [3.8, 4) is 11.5 Å². The Bertz CT molecular complexity index is 1070. The fraction of sp³-hybridized carbons (Fsp3) is 0.286. The predicted octanol–water partition coefficient (Wildman–Crippen LogP) is 5.82. The number of aromatic nitrogens is 2. The van der Waals surface area contributed by atoms with E-state index in [0.717, 1.165) is 25.0 Å². The van der Waals surface area contributed by atoms with Gasteiger partial charge >= 0.3 is 12.2 Å². The minimum atomic E-state index is -4.41. The number of nitrogens with zero attached hydrogens (tertiary/aromatic N) is 3. The molecule has 31 heavy (non-hydrogen) atoms. The van der Waals surface area contributed by atoms with Crippen LogP contribution in [0.2, 0.25) is 5.02 Å². The fourth-order valence-electron chi connectivity index (χ4n) is 3.44. The van der Waals surface area contributed by atoms with Gasteiger partial charge in [-0.25, -0.2) is 4.79 Å². The molecular formula is C21H18ClF3N4O2. The van der Waals surface area contributed by atoms with Crippen LogP contribution in [-0.4, -0.2) is 34.2 Å². The molecule has 0 radical (unpaired) electrons. The van der Waals surface area contributed by atoms with E-state index in [-0.39, 0.29) is 17.8 Å². The Morgan fingerprint density at radius 1 is 1.13 bits per heavy atom. The molecule has 1 fully saturated rings. The number of piperidine rings is 1. The zero-order valence-electron chi connectivity index (χ0n) is 16.2. The lowest BCUT2D eigenvalue weighted by atomic mass is 9.98. The molecule has 0 bridgehead atoms. The number of carbonyl (C=O) groups is 1. The molecule has 0 saturated carbocycles. The summed E-state index contributed by atoms with van der Waals surface area (Å²) in [6.07, 6.45) is -2.91. The first-order valence-corrected chi connectivity index (χ1v) is 10.0. The highest BCUT2D eigenvalue weighted by atomic mass is 35.5. The molecule has 1 atom stereocenters. The van der Waals surface area contributed by atoms with Crippen LogP contribution in [0.1, 0.15) is 30.2 Å². The van der Waals surface area contributed by atoms with Crippen molar-refractivity contribution in [2.45, 2.75) is 24.9 Å². The minimum Gasteiger partial charge on any atom is -0.420 e. The summed E-state index contributed by atoms with van der Waals surface area (Å²) >= 11 is 6.10. The summed E-state index contributed by atoms with van der Waals surface area (Å²) in [5.74, 6) is 0.327. The highest BCUT2D eigenvalue weighted by Gasteiger charge is 2.31. The Morgan fingerprint density at radius 3 is 2.58 bits per heavy atom. The average molecular weight is 451 g/mol. The molecule has 162 valence electrons. The lowest BCUT2D eigenvalue weighted by Gasteiger charge is -2.31. The monoisotopic (exact) mass is 450 g/mol. The smallest absolute Gasteiger partial charge is 0.416 e. The van der Waals surface area contributed by atoms with E-state index in [2.05, 4.69) is 15.5 Å². The summed E-state index contributed by atoms with van der Waals surface area (Å²) < 4.78 is 43.9. The first-order chi connectivity index (χ1) is 14.8. The number of alkyl halides is 3. The molecular weight excluding hydrogens is 433 g/mol. The summed E-state index contributed by atoms with van der Waals surface area (Å²) in [5, 5.41) is 11.3. The number of rotatable bonds is 3. The third kappa shape index (κ3) is 4.82. The van der Waals surface area contributed by atoms with Crippen LogP contribution in [0.4, 0.5) is 23.7 Å². The van der Waals surface area contributed by atoms with Gasteiger partial charge in [0.25, 0.3) is 0 Å². The van der Waals surface area contributed by atoms with E-state index >= 15 is 0 Å². The van der Waals surface area contributed by atoms with Gasteiger partial charge < -0.3 is 14.6 Å². The second-order valence-corrected chi connectivity index (χ2v) is 7.62. The molecule has 2 amide bonds. The zero-order valence-corrected chi connectivity index (χ0v) is 17.0. The molecule has 1 saturated heterocycles. The molecule has 3 aromatic rings. The zero-order chi connectivity index (χ0) is 22.0. The molecule has 1 aromatic heterocycles. The van der Waals surface area contributed by atoms with Crippen LogP contribution < -0.4 is 5.32 Å². The van der Waals surface area contributed by atoms with E-state index in [1.807, 2.05) is 0 Å². The molecule has 10 heteroatoms. The number of hydrogen-bond donors (Lipinski definition) is 1. The largest absolute Gasteiger partial charge is 0.420 e. The van der Waals surface area contributed by atoms with E-state index in [0.29, 0.717) is 35.3 Å². The van der Waals surface area contributed by atoms with Crippen molar-refractivity contribution < 1.29 is 22.4 Å². The van der Waals surface area contributed by atoms with Gasteiger partial charge in [0.15, 0.2) is 0 Å². The van der Waals surface area contributed by atoms with Crippen molar-refractivity contribution >= 4 is 23.3 Å². The Morgan fingerprint density at radius 2 is 1.87 bits per heavy atom. The van der Waals surface area contributed by atoms with Crippen molar-refractivity contribution in [3.63, 3.8) is 0 Å². The first kappa shape index (κ1) is 21.2. The van der Waals surface area contributed by atoms with Gasteiger partial charge in [-0.2, -0.15) is 13.2 Å². The number of nitrogens with one attached hydrogen (secondary N) is 1. The van der Waals surface area contributed by atoms with Gasteiger partial charge in [-0.15, -0.1) is 10.2 Å². The van der Waals surface area contributed by atoms with Gasteiger partial charge in [0.05, 0.1) is 22.2 Å². The molecule has 1 aliphatic rings. The Balaban J connectivity index is 1.44. The van der Waals surface area contributed by atoms with E-state index in [1.165, 1.54) is 12.1 Å². The van der Waals surface area contributed by atoms with Crippen LogP contribution in [-0.2, 0) is 6.18 Å². The predicted molar refractivity (Wildman–Crippen MR) is 109 cm³/mol. The van der Waals surface area contributed by atoms with Crippen molar-refractivity contribution in [2.75, 3.05) is 18.4 Å². The molecule has 1 unspecified atom stereocenters. The number of likely N-dealkylation sites (tertiary alicyclic amines) is 1. The van der Waals surface area contributed by atoms with Crippen molar-refractivity contribution in [3.05, 3.63) is 65.0 Å². The van der Waals surface area contributed by atoms with Crippen LogP contribution in [0.3, 0.4) is 0 Å². The highest BCUT2D eigenvalue weighted by molar-refractivity contribution is 6.33. The Labute approximate surface area is 181 Å².